The molecule has 0 aromatic heterocycles. The van der Waals surface area contributed by atoms with E-state index in [0.717, 1.165) is 58.3 Å². The molecule has 6 unspecified atom stereocenters. The van der Waals surface area contributed by atoms with Crippen molar-refractivity contribution in [1.82, 2.24) is 0 Å². The molecule has 6 atom stereocenters. The quantitative estimate of drug-likeness (QED) is 0.158. The Bertz CT molecular complexity index is 425. The second-order valence-corrected chi connectivity index (χ2v) is 7.49. The Kier molecular flexibility index (Phi) is 7.70. The van der Waals surface area contributed by atoms with Crippen molar-refractivity contribution in [3.63, 3.8) is 0 Å². The molecule has 4 fully saturated rings. The van der Waals surface area contributed by atoms with Crippen molar-refractivity contribution in [3.8, 4) is 0 Å². The Balaban J connectivity index is 1.11. The van der Waals surface area contributed by atoms with Crippen LogP contribution in [0.5, 0.6) is 0 Å². The van der Waals surface area contributed by atoms with Gasteiger partial charge in [0, 0.05) is 0 Å². The Morgan fingerprint density at radius 2 is 1.33 bits per heavy atom. The third-order valence-corrected chi connectivity index (χ3v) is 5.02. The summed E-state index contributed by atoms with van der Waals surface area (Å²) in [5, 5.41) is 0. The molecular formula is C18H30O9. The molecule has 4 aliphatic heterocycles. The fourth-order valence-corrected chi connectivity index (χ4v) is 2.99. The topological polar surface area (TPSA) is 93.0 Å². The van der Waals surface area contributed by atoms with E-state index in [4.69, 9.17) is 43.5 Å². The minimum absolute atomic E-state index is 0.0433. The summed E-state index contributed by atoms with van der Waals surface area (Å²) in [5.41, 5.74) is 0. The summed E-state index contributed by atoms with van der Waals surface area (Å²) in [4.78, 5) is 32.0. The highest BCUT2D eigenvalue weighted by Gasteiger charge is 2.43. The van der Waals surface area contributed by atoms with E-state index in [1.54, 1.807) is 0 Å². The van der Waals surface area contributed by atoms with Gasteiger partial charge in [0.05, 0.1) is 51.3 Å². The molecule has 0 saturated carbocycles. The molecule has 0 spiro atoms. The Hall–Kier alpha value is -0.360. The Labute approximate surface area is 159 Å². The highest BCUT2D eigenvalue weighted by molar-refractivity contribution is 4.84. The molecule has 0 radical (unpaired) electrons. The van der Waals surface area contributed by atoms with Gasteiger partial charge in [-0.15, -0.1) is 0 Å². The van der Waals surface area contributed by atoms with Crippen LogP contribution in [0.15, 0.2) is 0 Å². The Morgan fingerprint density at radius 1 is 0.704 bits per heavy atom. The van der Waals surface area contributed by atoms with Crippen molar-refractivity contribution in [2.75, 3.05) is 39.6 Å². The molecular weight excluding hydrogens is 360 g/mol. The number of rotatable bonds is 17. The van der Waals surface area contributed by atoms with Crippen LogP contribution >= 0.6 is 0 Å². The summed E-state index contributed by atoms with van der Waals surface area (Å²) in [6, 6.07) is 0. The third kappa shape index (κ3) is 7.52. The lowest BCUT2D eigenvalue weighted by Crippen LogP contribution is -2.53. The number of epoxide rings is 3. The molecule has 4 aliphatic rings. The summed E-state index contributed by atoms with van der Waals surface area (Å²) in [5.74, 6) is 0. The van der Waals surface area contributed by atoms with Gasteiger partial charge < -0.3 is 14.2 Å². The van der Waals surface area contributed by atoms with Gasteiger partial charge in [-0.1, -0.05) is 0 Å². The zero-order valence-electron chi connectivity index (χ0n) is 15.6. The fraction of sp³-hybridized carbons (Fsp3) is 1.00. The zero-order valence-corrected chi connectivity index (χ0v) is 15.6. The standard InChI is InChI=1S/C18H30O9/c1(3-13-9-19-13)7-22-24-12-17(25-23-8-2-4-14-10-20-14)18-16(26-27-18)6-5-15-11-21-15/h13-18H,1-12H2. The minimum atomic E-state index is -0.409. The van der Waals surface area contributed by atoms with E-state index in [-0.39, 0.29) is 18.8 Å². The summed E-state index contributed by atoms with van der Waals surface area (Å²) >= 11 is 0. The van der Waals surface area contributed by atoms with Crippen molar-refractivity contribution in [1.29, 1.82) is 0 Å². The van der Waals surface area contributed by atoms with Crippen LogP contribution in [-0.4, -0.2) is 76.3 Å². The van der Waals surface area contributed by atoms with Crippen LogP contribution in [0.3, 0.4) is 0 Å². The van der Waals surface area contributed by atoms with Crippen molar-refractivity contribution in [2.45, 2.75) is 75.1 Å². The van der Waals surface area contributed by atoms with Crippen LogP contribution in [0.2, 0.25) is 0 Å². The second-order valence-electron chi connectivity index (χ2n) is 7.49. The zero-order chi connectivity index (χ0) is 18.3. The van der Waals surface area contributed by atoms with Gasteiger partial charge in [0.25, 0.3) is 0 Å². The minimum Gasteiger partial charge on any atom is -0.373 e. The summed E-state index contributed by atoms with van der Waals surface area (Å²) in [6.45, 7) is 3.82. The van der Waals surface area contributed by atoms with E-state index < -0.39 is 6.10 Å². The maximum Gasteiger partial charge on any atom is 0.154 e. The van der Waals surface area contributed by atoms with Crippen molar-refractivity contribution in [3.05, 3.63) is 0 Å². The van der Waals surface area contributed by atoms with Crippen molar-refractivity contribution >= 4 is 0 Å². The van der Waals surface area contributed by atoms with Crippen LogP contribution < -0.4 is 0 Å². The first-order valence-corrected chi connectivity index (χ1v) is 10.1. The molecule has 4 heterocycles. The molecule has 0 bridgehead atoms. The maximum absolute atomic E-state index is 5.55. The first kappa shape index (κ1) is 19.9. The lowest BCUT2D eigenvalue weighted by atomic mass is 10.0. The molecule has 9 heteroatoms. The monoisotopic (exact) mass is 390 g/mol. The normalized spacial score (nSPS) is 34.9. The van der Waals surface area contributed by atoms with E-state index in [2.05, 4.69) is 0 Å². The predicted octanol–water partition coefficient (Wildman–Crippen LogP) is 1.49. The van der Waals surface area contributed by atoms with Crippen LogP contribution in [0.1, 0.15) is 38.5 Å². The van der Waals surface area contributed by atoms with Crippen LogP contribution in [0, 0.1) is 0 Å². The smallest absolute Gasteiger partial charge is 0.154 e. The fourth-order valence-electron chi connectivity index (χ4n) is 2.99. The van der Waals surface area contributed by atoms with Gasteiger partial charge in [-0.25, -0.2) is 29.3 Å². The lowest BCUT2D eigenvalue weighted by molar-refractivity contribution is -0.504. The third-order valence-electron chi connectivity index (χ3n) is 5.02. The van der Waals surface area contributed by atoms with Crippen molar-refractivity contribution < 1.29 is 43.5 Å². The molecule has 4 rings (SSSR count). The van der Waals surface area contributed by atoms with Crippen molar-refractivity contribution in [2.24, 2.45) is 0 Å². The van der Waals surface area contributed by atoms with E-state index >= 15 is 0 Å². The summed E-state index contributed by atoms with van der Waals surface area (Å²) in [6.07, 6.45) is 6.10. The van der Waals surface area contributed by atoms with E-state index in [9.17, 15) is 0 Å². The lowest BCUT2D eigenvalue weighted by Gasteiger charge is -2.38. The first-order valence-electron chi connectivity index (χ1n) is 10.1. The molecule has 4 saturated heterocycles. The average Bonchev–Trinajstić information content (AvgIpc) is 3.49. The maximum atomic E-state index is 5.55. The molecule has 0 amide bonds. The van der Waals surface area contributed by atoms with Crippen LogP contribution in [0.4, 0.5) is 0 Å². The van der Waals surface area contributed by atoms with E-state index in [1.165, 1.54) is 0 Å². The summed E-state index contributed by atoms with van der Waals surface area (Å²) < 4.78 is 15.6. The highest BCUT2D eigenvalue weighted by atomic mass is 17.3. The van der Waals surface area contributed by atoms with Gasteiger partial charge >= 0.3 is 0 Å². The van der Waals surface area contributed by atoms with Gasteiger partial charge in [0.1, 0.15) is 12.7 Å². The summed E-state index contributed by atoms with van der Waals surface area (Å²) in [7, 11) is 0. The van der Waals surface area contributed by atoms with Gasteiger partial charge in [0.2, 0.25) is 0 Å². The average molecular weight is 390 g/mol. The molecule has 27 heavy (non-hydrogen) atoms. The van der Waals surface area contributed by atoms with E-state index in [1.807, 2.05) is 0 Å². The number of hydrogen-bond acceptors (Lipinski definition) is 9. The molecule has 0 aliphatic carbocycles. The predicted molar refractivity (Wildman–Crippen MR) is 89.4 cm³/mol. The molecule has 156 valence electrons. The van der Waals surface area contributed by atoms with Gasteiger partial charge in [-0.05, 0) is 38.5 Å². The highest BCUT2D eigenvalue weighted by Crippen LogP contribution is 2.29. The van der Waals surface area contributed by atoms with Crippen LogP contribution in [0.25, 0.3) is 0 Å². The van der Waals surface area contributed by atoms with E-state index in [0.29, 0.717) is 31.5 Å². The molecule has 9 nitrogen and oxygen atoms in total. The largest absolute Gasteiger partial charge is 0.373 e. The van der Waals surface area contributed by atoms with Gasteiger partial charge in [0.15, 0.2) is 12.2 Å². The second kappa shape index (κ2) is 10.4. The van der Waals surface area contributed by atoms with Crippen LogP contribution in [-0.2, 0) is 43.5 Å². The van der Waals surface area contributed by atoms with Gasteiger partial charge in [-0.3, -0.25) is 0 Å². The Morgan fingerprint density at radius 3 is 1.93 bits per heavy atom. The van der Waals surface area contributed by atoms with Gasteiger partial charge in [-0.2, -0.15) is 0 Å². The molecule has 0 aromatic rings. The molecule has 0 aromatic carbocycles. The molecule has 0 N–H and O–H groups in total. The number of hydrogen-bond donors (Lipinski definition) is 0. The number of ether oxygens (including phenoxy) is 3. The first-order chi connectivity index (χ1) is 13.4. The SMILES string of the molecule is C(COOCC(OOCCCC1CO1)C1OOC1CCC1CO1)CC1CO1.